The Morgan fingerprint density at radius 2 is 2.17 bits per heavy atom. The molecule has 0 radical (unpaired) electrons. The minimum absolute atomic E-state index is 0.594. The summed E-state index contributed by atoms with van der Waals surface area (Å²) < 4.78 is 2.06. The Morgan fingerprint density at radius 3 is 3.06 bits per heavy atom. The molecule has 2 heterocycles. The summed E-state index contributed by atoms with van der Waals surface area (Å²) >= 11 is 1.84. The van der Waals surface area contributed by atoms with Crippen LogP contribution in [0.4, 0.5) is 0 Å². The Hall–Kier alpha value is -1.07. The number of nitrogens with two attached hydrogens (primary N) is 1. The lowest BCUT2D eigenvalue weighted by Crippen LogP contribution is -2.28. The van der Waals surface area contributed by atoms with Crippen LogP contribution in [0.2, 0.25) is 0 Å². The number of thioether (sulfide) groups is 1. The predicted octanol–water partition coefficient (Wildman–Crippen LogP) is 2.34. The van der Waals surface area contributed by atoms with Gasteiger partial charge in [-0.15, -0.1) is 10.2 Å². The van der Waals surface area contributed by atoms with E-state index in [1.807, 2.05) is 36.2 Å². The number of aromatic nitrogens is 3. The lowest BCUT2D eigenvalue weighted by Gasteiger charge is -2.29. The monoisotopic (exact) mass is 262 g/mol. The SMILES string of the molecule is NCC1CCCCC1Sc1nnc2ccccn12. The standard InChI is InChI=1S/C13H18N4S/c14-9-10-5-1-2-6-11(10)18-13-16-15-12-7-3-4-8-17(12)13/h3-4,7-8,10-11H,1-2,5-6,9,14H2. The first-order chi connectivity index (χ1) is 8.88. The first-order valence-corrected chi connectivity index (χ1v) is 7.43. The Morgan fingerprint density at radius 1 is 1.28 bits per heavy atom. The highest BCUT2D eigenvalue weighted by atomic mass is 32.2. The average Bonchev–Trinajstić information content (AvgIpc) is 2.83. The molecule has 18 heavy (non-hydrogen) atoms. The van der Waals surface area contributed by atoms with Gasteiger partial charge in [-0.3, -0.25) is 4.40 Å². The summed E-state index contributed by atoms with van der Waals surface area (Å²) in [5.41, 5.74) is 6.80. The van der Waals surface area contributed by atoms with Gasteiger partial charge >= 0.3 is 0 Å². The molecular weight excluding hydrogens is 244 g/mol. The summed E-state index contributed by atoms with van der Waals surface area (Å²) in [4.78, 5) is 0. The van der Waals surface area contributed by atoms with Crippen LogP contribution in [0, 0.1) is 5.92 Å². The Balaban J connectivity index is 1.82. The summed E-state index contributed by atoms with van der Waals surface area (Å²) in [6.07, 6.45) is 7.15. The van der Waals surface area contributed by atoms with Gasteiger partial charge < -0.3 is 5.73 Å². The molecule has 1 fully saturated rings. The molecule has 96 valence electrons. The third kappa shape index (κ3) is 2.24. The molecule has 5 heteroatoms. The Labute approximate surface area is 111 Å². The van der Waals surface area contributed by atoms with E-state index < -0.39 is 0 Å². The van der Waals surface area contributed by atoms with Gasteiger partial charge in [0.1, 0.15) is 0 Å². The van der Waals surface area contributed by atoms with E-state index in [0.717, 1.165) is 17.3 Å². The van der Waals surface area contributed by atoms with Gasteiger partial charge in [-0.05, 0) is 37.4 Å². The van der Waals surface area contributed by atoms with E-state index in [2.05, 4.69) is 14.6 Å². The fourth-order valence-corrected chi connectivity index (χ4v) is 3.98. The van der Waals surface area contributed by atoms with Crippen LogP contribution in [0.25, 0.3) is 5.65 Å². The van der Waals surface area contributed by atoms with Gasteiger partial charge in [0.2, 0.25) is 0 Å². The molecule has 0 aliphatic heterocycles. The maximum absolute atomic E-state index is 5.88. The maximum atomic E-state index is 5.88. The van der Waals surface area contributed by atoms with Crippen LogP contribution in [-0.4, -0.2) is 26.4 Å². The number of fused-ring (bicyclic) bond motifs is 1. The van der Waals surface area contributed by atoms with Crippen LogP contribution in [0.15, 0.2) is 29.6 Å². The lowest BCUT2D eigenvalue weighted by atomic mass is 9.89. The van der Waals surface area contributed by atoms with Crippen LogP contribution in [0.5, 0.6) is 0 Å². The third-order valence-electron chi connectivity index (χ3n) is 3.68. The number of hydrogen-bond donors (Lipinski definition) is 1. The molecule has 1 aliphatic rings. The van der Waals surface area contributed by atoms with E-state index in [1.54, 1.807) is 0 Å². The van der Waals surface area contributed by atoms with Crippen LogP contribution < -0.4 is 5.73 Å². The zero-order valence-corrected chi connectivity index (χ0v) is 11.1. The molecule has 3 rings (SSSR count). The second-order valence-corrected chi connectivity index (χ2v) is 6.05. The van der Waals surface area contributed by atoms with Crippen molar-refractivity contribution in [2.24, 2.45) is 11.7 Å². The summed E-state index contributed by atoms with van der Waals surface area (Å²) in [5, 5.41) is 10.1. The molecule has 1 aliphatic carbocycles. The molecule has 0 saturated heterocycles. The molecule has 2 aromatic rings. The van der Waals surface area contributed by atoms with E-state index >= 15 is 0 Å². The highest BCUT2D eigenvalue weighted by Gasteiger charge is 2.26. The molecule has 0 spiro atoms. The molecular formula is C13H18N4S. The second-order valence-electron chi connectivity index (χ2n) is 4.85. The molecule has 1 saturated carbocycles. The number of rotatable bonds is 3. The molecule has 2 N–H and O–H groups in total. The number of nitrogens with zero attached hydrogens (tertiary/aromatic N) is 3. The third-order valence-corrected chi connectivity index (χ3v) is 5.09. The smallest absolute Gasteiger partial charge is 0.195 e. The maximum Gasteiger partial charge on any atom is 0.195 e. The van der Waals surface area contributed by atoms with E-state index in [1.165, 1.54) is 25.7 Å². The summed E-state index contributed by atoms with van der Waals surface area (Å²) in [6, 6.07) is 5.99. The van der Waals surface area contributed by atoms with Crippen molar-refractivity contribution in [2.45, 2.75) is 36.1 Å². The first kappa shape index (κ1) is 12.0. The van der Waals surface area contributed by atoms with Crippen molar-refractivity contribution in [3.05, 3.63) is 24.4 Å². The van der Waals surface area contributed by atoms with Crippen LogP contribution >= 0.6 is 11.8 Å². The van der Waals surface area contributed by atoms with Gasteiger partial charge in [-0.2, -0.15) is 0 Å². The zero-order chi connectivity index (χ0) is 12.4. The number of pyridine rings is 1. The van der Waals surface area contributed by atoms with Gasteiger partial charge in [0.25, 0.3) is 0 Å². The highest BCUT2D eigenvalue weighted by Crippen LogP contribution is 2.36. The van der Waals surface area contributed by atoms with E-state index in [0.29, 0.717) is 11.2 Å². The minimum atomic E-state index is 0.594. The van der Waals surface area contributed by atoms with Crippen LogP contribution in [0.1, 0.15) is 25.7 Å². The quantitative estimate of drug-likeness (QED) is 0.922. The van der Waals surface area contributed by atoms with Gasteiger partial charge in [-0.1, -0.05) is 30.7 Å². The zero-order valence-electron chi connectivity index (χ0n) is 10.3. The first-order valence-electron chi connectivity index (χ1n) is 6.55. The van der Waals surface area contributed by atoms with E-state index in [-0.39, 0.29) is 0 Å². The van der Waals surface area contributed by atoms with Crippen molar-refractivity contribution in [2.75, 3.05) is 6.54 Å². The topological polar surface area (TPSA) is 56.2 Å². The minimum Gasteiger partial charge on any atom is -0.330 e. The molecule has 2 atom stereocenters. The largest absolute Gasteiger partial charge is 0.330 e. The van der Waals surface area contributed by atoms with Crippen LogP contribution in [-0.2, 0) is 0 Å². The van der Waals surface area contributed by atoms with Crippen molar-refractivity contribution >= 4 is 17.4 Å². The Bertz CT molecular complexity index is 524. The van der Waals surface area contributed by atoms with Crippen LogP contribution in [0.3, 0.4) is 0 Å². The second kappa shape index (κ2) is 5.28. The van der Waals surface area contributed by atoms with Crippen molar-refractivity contribution in [1.82, 2.24) is 14.6 Å². The van der Waals surface area contributed by atoms with Gasteiger partial charge in [0.15, 0.2) is 10.8 Å². The lowest BCUT2D eigenvalue weighted by molar-refractivity contribution is 0.377. The fourth-order valence-electron chi connectivity index (χ4n) is 2.63. The average molecular weight is 262 g/mol. The molecule has 2 aromatic heterocycles. The molecule has 0 bridgehead atoms. The van der Waals surface area contributed by atoms with Crippen molar-refractivity contribution < 1.29 is 0 Å². The fraction of sp³-hybridized carbons (Fsp3) is 0.538. The predicted molar refractivity (Wildman–Crippen MR) is 73.6 cm³/mol. The van der Waals surface area contributed by atoms with E-state index in [4.69, 9.17) is 5.73 Å². The van der Waals surface area contributed by atoms with Crippen molar-refractivity contribution in [1.29, 1.82) is 0 Å². The summed E-state index contributed by atoms with van der Waals surface area (Å²) in [6.45, 7) is 0.786. The Kier molecular flexibility index (Phi) is 3.52. The molecule has 0 aromatic carbocycles. The molecule has 4 nitrogen and oxygen atoms in total. The van der Waals surface area contributed by atoms with Crippen molar-refractivity contribution in [3.8, 4) is 0 Å². The van der Waals surface area contributed by atoms with Gasteiger partial charge in [0, 0.05) is 11.4 Å². The normalized spacial score (nSPS) is 24.5. The van der Waals surface area contributed by atoms with E-state index in [9.17, 15) is 0 Å². The summed E-state index contributed by atoms with van der Waals surface area (Å²) in [7, 11) is 0. The molecule has 0 amide bonds. The van der Waals surface area contributed by atoms with Gasteiger partial charge in [-0.25, -0.2) is 0 Å². The highest BCUT2D eigenvalue weighted by molar-refractivity contribution is 7.99. The van der Waals surface area contributed by atoms with Gasteiger partial charge in [0.05, 0.1) is 0 Å². The summed E-state index contributed by atoms with van der Waals surface area (Å²) in [5.74, 6) is 0.625. The van der Waals surface area contributed by atoms with Crippen molar-refractivity contribution in [3.63, 3.8) is 0 Å². The number of hydrogen-bond acceptors (Lipinski definition) is 4. The molecule has 2 unspecified atom stereocenters.